The standard InChI is InChI=1S/C17H19N3O/c1-13(2)19-10-16-7-8-17(11-20-16)21-12-15-5-3-14(9-18)4-6-15/h3-8,11,13,19H,10,12H2,1-2H3. The summed E-state index contributed by atoms with van der Waals surface area (Å²) in [5.41, 5.74) is 2.68. The first-order valence-corrected chi connectivity index (χ1v) is 6.97. The summed E-state index contributed by atoms with van der Waals surface area (Å²) in [6.45, 7) is 5.44. The van der Waals surface area contributed by atoms with Gasteiger partial charge in [-0.15, -0.1) is 0 Å². The first kappa shape index (κ1) is 15.0. The van der Waals surface area contributed by atoms with E-state index in [4.69, 9.17) is 10.00 Å². The maximum atomic E-state index is 8.75. The van der Waals surface area contributed by atoms with E-state index in [-0.39, 0.29) is 0 Å². The quantitative estimate of drug-likeness (QED) is 0.884. The summed E-state index contributed by atoms with van der Waals surface area (Å²) in [5.74, 6) is 0.743. The van der Waals surface area contributed by atoms with Gasteiger partial charge in [0.15, 0.2) is 0 Å². The van der Waals surface area contributed by atoms with Crippen LogP contribution in [0.25, 0.3) is 0 Å². The third-order valence-electron chi connectivity index (χ3n) is 2.98. The van der Waals surface area contributed by atoms with Gasteiger partial charge in [0, 0.05) is 12.6 Å². The molecule has 0 saturated carbocycles. The molecule has 1 N–H and O–H groups in total. The predicted octanol–water partition coefficient (Wildman–Crippen LogP) is 3.03. The first-order chi connectivity index (χ1) is 10.2. The molecular weight excluding hydrogens is 262 g/mol. The summed E-state index contributed by atoms with van der Waals surface area (Å²) in [5, 5.41) is 12.1. The van der Waals surface area contributed by atoms with Gasteiger partial charge in [-0.25, -0.2) is 0 Å². The molecule has 2 rings (SSSR count). The topological polar surface area (TPSA) is 57.9 Å². The number of nitriles is 1. The lowest BCUT2D eigenvalue weighted by Gasteiger charge is -2.09. The number of nitrogens with one attached hydrogen (secondary N) is 1. The van der Waals surface area contributed by atoms with Crippen molar-refractivity contribution in [3.63, 3.8) is 0 Å². The van der Waals surface area contributed by atoms with Crippen molar-refractivity contribution >= 4 is 0 Å². The van der Waals surface area contributed by atoms with Crippen LogP contribution in [0.2, 0.25) is 0 Å². The summed E-state index contributed by atoms with van der Waals surface area (Å²) < 4.78 is 5.68. The van der Waals surface area contributed by atoms with Crippen LogP contribution in [0, 0.1) is 11.3 Å². The van der Waals surface area contributed by atoms with Crippen molar-refractivity contribution < 1.29 is 4.74 Å². The molecule has 1 heterocycles. The predicted molar refractivity (Wildman–Crippen MR) is 81.7 cm³/mol. The summed E-state index contributed by atoms with van der Waals surface area (Å²) in [6, 6.07) is 13.8. The highest BCUT2D eigenvalue weighted by molar-refractivity contribution is 5.31. The molecule has 0 atom stereocenters. The van der Waals surface area contributed by atoms with Gasteiger partial charge < -0.3 is 10.1 Å². The third kappa shape index (κ3) is 4.90. The molecule has 0 aliphatic carbocycles. The Morgan fingerprint density at radius 3 is 2.52 bits per heavy atom. The average Bonchev–Trinajstić information content (AvgIpc) is 2.52. The van der Waals surface area contributed by atoms with E-state index >= 15 is 0 Å². The second-order valence-corrected chi connectivity index (χ2v) is 5.12. The largest absolute Gasteiger partial charge is 0.487 e. The molecule has 1 aromatic carbocycles. The zero-order chi connectivity index (χ0) is 15.1. The van der Waals surface area contributed by atoms with Crippen LogP contribution in [0.15, 0.2) is 42.6 Å². The summed E-state index contributed by atoms with van der Waals surface area (Å²) in [4.78, 5) is 4.36. The van der Waals surface area contributed by atoms with Gasteiger partial charge in [-0.3, -0.25) is 4.98 Å². The van der Waals surface area contributed by atoms with Crippen molar-refractivity contribution in [2.75, 3.05) is 0 Å². The number of hydrogen-bond acceptors (Lipinski definition) is 4. The van der Waals surface area contributed by atoms with Crippen LogP contribution in [0.4, 0.5) is 0 Å². The monoisotopic (exact) mass is 281 g/mol. The third-order valence-corrected chi connectivity index (χ3v) is 2.98. The fourth-order valence-electron chi connectivity index (χ4n) is 1.75. The highest BCUT2D eigenvalue weighted by Crippen LogP contribution is 2.12. The van der Waals surface area contributed by atoms with Gasteiger partial charge in [0.05, 0.1) is 23.5 Å². The normalized spacial score (nSPS) is 10.4. The highest BCUT2D eigenvalue weighted by Gasteiger charge is 2.00. The SMILES string of the molecule is CC(C)NCc1ccc(OCc2ccc(C#N)cc2)cn1. The Kier molecular flexibility index (Phi) is 5.30. The van der Waals surface area contributed by atoms with Gasteiger partial charge in [0.2, 0.25) is 0 Å². The fourth-order valence-corrected chi connectivity index (χ4v) is 1.75. The zero-order valence-corrected chi connectivity index (χ0v) is 12.3. The Hall–Kier alpha value is -2.38. The van der Waals surface area contributed by atoms with Crippen molar-refractivity contribution in [2.45, 2.75) is 33.0 Å². The number of rotatable bonds is 6. The lowest BCUT2D eigenvalue weighted by molar-refractivity contribution is 0.304. The van der Waals surface area contributed by atoms with E-state index in [2.05, 4.69) is 30.2 Å². The van der Waals surface area contributed by atoms with E-state index in [1.807, 2.05) is 24.3 Å². The van der Waals surface area contributed by atoms with Crippen LogP contribution in [0.1, 0.15) is 30.7 Å². The Balaban J connectivity index is 1.86. The smallest absolute Gasteiger partial charge is 0.138 e. The number of pyridine rings is 1. The van der Waals surface area contributed by atoms with Crippen molar-refractivity contribution in [3.05, 3.63) is 59.4 Å². The molecule has 4 heteroatoms. The van der Waals surface area contributed by atoms with Crippen molar-refractivity contribution in [3.8, 4) is 11.8 Å². The molecule has 0 bridgehead atoms. The van der Waals surface area contributed by atoms with Crippen molar-refractivity contribution in [1.82, 2.24) is 10.3 Å². The van der Waals surface area contributed by atoms with Crippen LogP contribution in [0.5, 0.6) is 5.75 Å². The molecule has 0 aliphatic rings. The second kappa shape index (κ2) is 7.41. The summed E-state index contributed by atoms with van der Waals surface area (Å²) in [7, 11) is 0. The molecule has 21 heavy (non-hydrogen) atoms. The molecule has 0 radical (unpaired) electrons. The first-order valence-electron chi connectivity index (χ1n) is 6.97. The Bertz CT molecular complexity index is 597. The fraction of sp³-hybridized carbons (Fsp3) is 0.294. The molecular formula is C17H19N3O. The van der Waals surface area contributed by atoms with Gasteiger partial charge in [0.25, 0.3) is 0 Å². The van der Waals surface area contributed by atoms with E-state index in [0.717, 1.165) is 23.6 Å². The van der Waals surface area contributed by atoms with Gasteiger partial charge in [0.1, 0.15) is 12.4 Å². The van der Waals surface area contributed by atoms with Gasteiger partial charge >= 0.3 is 0 Å². The Morgan fingerprint density at radius 2 is 1.95 bits per heavy atom. The lowest BCUT2D eigenvalue weighted by Crippen LogP contribution is -2.22. The zero-order valence-electron chi connectivity index (χ0n) is 12.3. The van der Waals surface area contributed by atoms with Gasteiger partial charge in [-0.05, 0) is 29.8 Å². The number of ether oxygens (including phenoxy) is 1. The Morgan fingerprint density at radius 1 is 1.19 bits per heavy atom. The molecule has 0 unspecified atom stereocenters. The average molecular weight is 281 g/mol. The highest BCUT2D eigenvalue weighted by atomic mass is 16.5. The molecule has 0 fully saturated rings. The van der Waals surface area contributed by atoms with Crippen LogP contribution in [0.3, 0.4) is 0 Å². The molecule has 0 spiro atoms. The van der Waals surface area contributed by atoms with E-state index in [0.29, 0.717) is 18.2 Å². The van der Waals surface area contributed by atoms with Crippen LogP contribution >= 0.6 is 0 Å². The van der Waals surface area contributed by atoms with Crippen molar-refractivity contribution in [2.24, 2.45) is 0 Å². The summed E-state index contributed by atoms with van der Waals surface area (Å²) >= 11 is 0. The van der Waals surface area contributed by atoms with E-state index in [1.165, 1.54) is 0 Å². The van der Waals surface area contributed by atoms with Crippen molar-refractivity contribution in [1.29, 1.82) is 5.26 Å². The van der Waals surface area contributed by atoms with Crippen LogP contribution < -0.4 is 10.1 Å². The van der Waals surface area contributed by atoms with Crippen LogP contribution in [-0.4, -0.2) is 11.0 Å². The van der Waals surface area contributed by atoms with Gasteiger partial charge in [-0.2, -0.15) is 5.26 Å². The maximum absolute atomic E-state index is 8.75. The minimum Gasteiger partial charge on any atom is -0.487 e. The maximum Gasteiger partial charge on any atom is 0.138 e. The number of aromatic nitrogens is 1. The van der Waals surface area contributed by atoms with E-state index < -0.39 is 0 Å². The summed E-state index contributed by atoms with van der Waals surface area (Å²) in [6.07, 6.45) is 1.74. The number of nitrogens with zero attached hydrogens (tertiary/aromatic N) is 2. The minimum absolute atomic E-state index is 0.444. The van der Waals surface area contributed by atoms with Crippen LogP contribution in [-0.2, 0) is 13.2 Å². The molecule has 1 aromatic heterocycles. The van der Waals surface area contributed by atoms with E-state index in [9.17, 15) is 0 Å². The minimum atomic E-state index is 0.444. The molecule has 0 amide bonds. The Labute approximate surface area is 125 Å². The lowest BCUT2D eigenvalue weighted by atomic mass is 10.2. The van der Waals surface area contributed by atoms with Gasteiger partial charge in [-0.1, -0.05) is 26.0 Å². The van der Waals surface area contributed by atoms with E-state index in [1.54, 1.807) is 18.3 Å². The number of hydrogen-bond donors (Lipinski definition) is 1. The molecule has 2 aromatic rings. The number of benzene rings is 1. The molecule has 4 nitrogen and oxygen atoms in total. The molecule has 0 saturated heterocycles. The molecule has 0 aliphatic heterocycles. The second-order valence-electron chi connectivity index (χ2n) is 5.12. The molecule has 108 valence electrons.